The minimum Gasteiger partial charge on any atom is -0.497 e. The van der Waals surface area contributed by atoms with Crippen molar-refractivity contribution < 1.29 is 9.53 Å². The van der Waals surface area contributed by atoms with E-state index in [1.54, 1.807) is 18.4 Å². The summed E-state index contributed by atoms with van der Waals surface area (Å²) in [6.07, 6.45) is 1.68. The van der Waals surface area contributed by atoms with E-state index in [0.29, 0.717) is 0 Å². The van der Waals surface area contributed by atoms with Crippen LogP contribution in [-0.4, -0.2) is 19.6 Å². The molecule has 3 nitrogen and oxygen atoms in total. The second kappa shape index (κ2) is 7.84. The van der Waals surface area contributed by atoms with E-state index in [2.05, 4.69) is 18.3 Å². The molecule has 0 aliphatic carbocycles. The molecule has 0 saturated carbocycles. The van der Waals surface area contributed by atoms with Crippen LogP contribution in [0.5, 0.6) is 5.75 Å². The van der Waals surface area contributed by atoms with Crippen LogP contribution in [0.3, 0.4) is 0 Å². The van der Waals surface area contributed by atoms with Crippen LogP contribution in [0.15, 0.2) is 41.8 Å². The highest BCUT2D eigenvalue weighted by Crippen LogP contribution is 2.25. The minimum atomic E-state index is -0.152. The summed E-state index contributed by atoms with van der Waals surface area (Å²) < 4.78 is 5.18. The minimum absolute atomic E-state index is 0.0930. The van der Waals surface area contributed by atoms with Gasteiger partial charge in [-0.1, -0.05) is 25.1 Å². The molecule has 0 bridgehead atoms. The number of hydrogen-bond donors (Lipinski definition) is 1. The van der Waals surface area contributed by atoms with Gasteiger partial charge in [-0.3, -0.25) is 4.79 Å². The zero-order chi connectivity index (χ0) is 15.1. The molecule has 112 valence electrons. The zero-order valence-electron chi connectivity index (χ0n) is 12.5. The number of hydrogen-bond acceptors (Lipinski definition) is 3. The normalized spacial score (nSPS) is 11.9. The Morgan fingerprint density at radius 3 is 2.62 bits per heavy atom. The van der Waals surface area contributed by atoms with Crippen molar-refractivity contribution in [3.63, 3.8) is 0 Å². The molecular formula is C17H21NO2S. The number of rotatable bonds is 7. The summed E-state index contributed by atoms with van der Waals surface area (Å²) in [5, 5.41) is 5.05. The molecule has 0 spiro atoms. The fourth-order valence-corrected chi connectivity index (χ4v) is 2.95. The molecular weight excluding hydrogens is 282 g/mol. The van der Waals surface area contributed by atoms with Gasteiger partial charge in [0.2, 0.25) is 5.91 Å². The van der Waals surface area contributed by atoms with E-state index in [0.717, 1.165) is 30.7 Å². The van der Waals surface area contributed by atoms with E-state index >= 15 is 0 Å². The lowest BCUT2D eigenvalue weighted by atomic mass is 9.94. The largest absolute Gasteiger partial charge is 0.497 e. The summed E-state index contributed by atoms with van der Waals surface area (Å²) in [6.45, 7) is 2.78. The second-order valence-corrected chi connectivity index (χ2v) is 5.93. The molecule has 0 aliphatic rings. The van der Waals surface area contributed by atoms with Crippen molar-refractivity contribution >= 4 is 17.2 Å². The quantitative estimate of drug-likeness (QED) is 0.848. The fraction of sp³-hybridized carbons (Fsp3) is 0.353. The van der Waals surface area contributed by atoms with Gasteiger partial charge < -0.3 is 10.1 Å². The van der Waals surface area contributed by atoms with E-state index in [1.165, 1.54) is 4.88 Å². The average molecular weight is 303 g/mol. The van der Waals surface area contributed by atoms with Crippen LogP contribution in [0, 0.1) is 0 Å². The van der Waals surface area contributed by atoms with Crippen LogP contribution < -0.4 is 10.1 Å². The van der Waals surface area contributed by atoms with Crippen LogP contribution in [0.1, 0.15) is 29.7 Å². The second-order valence-electron chi connectivity index (χ2n) is 4.90. The van der Waals surface area contributed by atoms with Crippen LogP contribution in [0.4, 0.5) is 0 Å². The van der Waals surface area contributed by atoms with E-state index in [4.69, 9.17) is 4.74 Å². The summed E-state index contributed by atoms with van der Waals surface area (Å²) in [5.74, 6) is 0.749. The first-order chi connectivity index (χ1) is 10.2. The van der Waals surface area contributed by atoms with Gasteiger partial charge in [-0.25, -0.2) is 0 Å². The molecule has 1 aromatic heterocycles. The Morgan fingerprint density at radius 1 is 1.29 bits per heavy atom. The van der Waals surface area contributed by atoms with Gasteiger partial charge in [-0.2, -0.15) is 0 Å². The molecule has 1 unspecified atom stereocenters. The maximum absolute atomic E-state index is 12.4. The van der Waals surface area contributed by atoms with Crippen LogP contribution in [0.2, 0.25) is 0 Å². The molecule has 1 aromatic carbocycles. The Morgan fingerprint density at radius 2 is 2.05 bits per heavy atom. The average Bonchev–Trinajstić information content (AvgIpc) is 3.03. The van der Waals surface area contributed by atoms with Crippen molar-refractivity contribution in [3.8, 4) is 5.75 Å². The fourth-order valence-electron chi connectivity index (χ4n) is 2.20. The summed E-state index contributed by atoms with van der Waals surface area (Å²) in [5.41, 5.74) is 1.03. The third kappa shape index (κ3) is 4.33. The van der Waals surface area contributed by atoms with E-state index < -0.39 is 0 Å². The van der Waals surface area contributed by atoms with Crippen molar-refractivity contribution in [3.05, 3.63) is 52.2 Å². The first kappa shape index (κ1) is 15.6. The van der Waals surface area contributed by atoms with Crippen molar-refractivity contribution in [2.75, 3.05) is 13.7 Å². The number of nitrogens with one attached hydrogen (secondary N) is 1. The third-order valence-electron chi connectivity index (χ3n) is 3.37. The number of amides is 1. The molecule has 0 saturated heterocycles. The topological polar surface area (TPSA) is 38.3 Å². The van der Waals surface area contributed by atoms with Crippen LogP contribution in [0.25, 0.3) is 0 Å². The van der Waals surface area contributed by atoms with Gasteiger partial charge in [-0.15, -0.1) is 11.3 Å². The van der Waals surface area contributed by atoms with Crippen LogP contribution in [-0.2, 0) is 11.2 Å². The maximum atomic E-state index is 12.4. The Balaban J connectivity index is 2.18. The van der Waals surface area contributed by atoms with E-state index in [1.807, 2.05) is 35.7 Å². The van der Waals surface area contributed by atoms with Gasteiger partial charge in [-0.05, 0) is 42.0 Å². The van der Waals surface area contributed by atoms with Gasteiger partial charge >= 0.3 is 0 Å². The van der Waals surface area contributed by atoms with E-state index in [-0.39, 0.29) is 11.8 Å². The monoisotopic (exact) mass is 303 g/mol. The van der Waals surface area contributed by atoms with Crippen molar-refractivity contribution in [2.45, 2.75) is 25.7 Å². The molecule has 2 aromatic rings. The highest BCUT2D eigenvalue weighted by atomic mass is 32.1. The lowest BCUT2D eigenvalue weighted by molar-refractivity contribution is -0.122. The molecule has 0 aliphatic heterocycles. The van der Waals surface area contributed by atoms with Crippen molar-refractivity contribution in [2.24, 2.45) is 0 Å². The first-order valence-corrected chi connectivity index (χ1v) is 8.06. The Bertz CT molecular complexity index is 549. The molecule has 21 heavy (non-hydrogen) atoms. The maximum Gasteiger partial charge on any atom is 0.227 e. The first-order valence-electron chi connectivity index (χ1n) is 7.18. The number of benzene rings is 1. The number of thiophene rings is 1. The number of ether oxygens (including phenoxy) is 1. The molecule has 2 rings (SSSR count). The predicted molar refractivity (Wildman–Crippen MR) is 87.1 cm³/mol. The van der Waals surface area contributed by atoms with Crippen molar-refractivity contribution in [1.29, 1.82) is 0 Å². The zero-order valence-corrected chi connectivity index (χ0v) is 13.3. The molecule has 1 heterocycles. The molecule has 4 heteroatoms. The van der Waals surface area contributed by atoms with Crippen LogP contribution >= 0.6 is 11.3 Å². The lowest BCUT2D eigenvalue weighted by Crippen LogP contribution is -2.31. The summed E-state index contributed by atoms with van der Waals surface area (Å²) in [4.78, 5) is 13.7. The molecule has 0 fully saturated rings. The van der Waals surface area contributed by atoms with E-state index in [9.17, 15) is 4.79 Å². The van der Waals surface area contributed by atoms with Crippen molar-refractivity contribution in [1.82, 2.24) is 5.32 Å². The van der Waals surface area contributed by atoms with Gasteiger partial charge in [0, 0.05) is 11.4 Å². The smallest absolute Gasteiger partial charge is 0.227 e. The summed E-state index contributed by atoms with van der Waals surface area (Å²) in [7, 11) is 1.64. The Hall–Kier alpha value is -1.81. The molecule has 0 radical (unpaired) electrons. The SMILES string of the molecule is CCCNC(=O)C(Cc1cccs1)c1ccc(OC)cc1. The number of carbonyl (C=O) groups is 1. The highest BCUT2D eigenvalue weighted by molar-refractivity contribution is 7.09. The van der Waals surface area contributed by atoms with Gasteiger partial charge in [0.25, 0.3) is 0 Å². The Kier molecular flexibility index (Phi) is 5.81. The predicted octanol–water partition coefficient (Wildman–Crippen LogP) is 3.61. The Labute approximate surface area is 130 Å². The van der Waals surface area contributed by atoms with Gasteiger partial charge in [0.05, 0.1) is 13.0 Å². The molecule has 1 atom stereocenters. The number of methoxy groups -OCH3 is 1. The lowest BCUT2D eigenvalue weighted by Gasteiger charge is -2.17. The number of carbonyl (C=O) groups excluding carboxylic acids is 1. The third-order valence-corrected chi connectivity index (χ3v) is 4.27. The molecule has 1 N–H and O–H groups in total. The highest BCUT2D eigenvalue weighted by Gasteiger charge is 2.21. The standard InChI is InChI=1S/C17H21NO2S/c1-3-10-18-17(19)16(12-15-5-4-11-21-15)13-6-8-14(20-2)9-7-13/h4-9,11,16H,3,10,12H2,1-2H3,(H,18,19). The summed E-state index contributed by atoms with van der Waals surface area (Å²) in [6, 6.07) is 11.9. The molecule has 1 amide bonds. The van der Waals surface area contributed by atoms with Gasteiger partial charge in [0.1, 0.15) is 5.75 Å². The van der Waals surface area contributed by atoms with Gasteiger partial charge in [0.15, 0.2) is 0 Å². The summed E-state index contributed by atoms with van der Waals surface area (Å²) >= 11 is 1.69.